The van der Waals surface area contributed by atoms with E-state index in [9.17, 15) is 34.1 Å². The number of rotatable bonds is 4. The second kappa shape index (κ2) is 9.25. The minimum atomic E-state index is -1.27. The van der Waals surface area contributed by atoms with E-state index in [4.69, 9.17) is 5.73 Å². The van der Waals surface area contributed by atoms with Crippen LogP contribution in [0.2, 0.25) is 0 Å². The Kier molecular flexibility index (Phi) is 6.35. The van der Waals surface area contributed by atoms with Crippen molar-refractivity contribution >= 4 is 23.2 Å². The van der Waals surface area contributed by atoms with Gasteiger partial charge in [-0.25, -0.2) is 4.39 Å². The number of nitrogens with two attached hydrogens (primary N) is 1. The van der Waals surface area contributed by atoms with Gasteiger partial charge in [0, 0.05) is 30.8 Å². The van der Waals surface area contributed by atoms with Crippen molar-refractivity contribution in [2.24, 2.45) is 23.5 Å². The number of nitrogens with zero attached hydrogens (tertiary/aromatic N) is 2. The molecule has 1 unspecified atom stereocenters. The van der Waals surface area contributed by atoms with Crippen LogP contribution in [-0.4, -0.2) is 82.0 Å². The van der Waals surface area contributed by atoms with Crippen LogP contribution in [0.25, 0.3) is 5.76 Å². The number of Topliss-reactive ketones (excluding diaryl/α,β-unsaturated/α-hetero) is 2. The largest absolute Gasteiger partial charge is 0.510 e. The molecule has 1 saturated carbocycles. The number of phenols is 1. The lowest BCUT2D eigenvalue weighted by Gasteiger charge is -2.46. The lowest BCUT2D eigenvalue weighted by atomic mass is 9.59. The van der Waals surface area contributed by atoms with Crippen molar-refractivity contribution in [3.8, 4) is 5.75 Å². The van der Waals surface area contributed by atoms with Gasteiger partial charge in [-0.3, -0.25) is 24.2 Å². The van der Waals surface area contributed by atoms with Crippen LogP contribution >= 0.6 is 0 Å². The number of ketones is 2. The van der Waals surface area contributed by atoms with Crippen molar-refractivity contribution in [2.45, 2.75) is 44.4 Å². The van der Waals surface area contributed by atoms with Crippen LogP contribution in [0.1, 0.15) is 36.0 Å². The van der Waals surface area contributed by atoms with Crippen LogP contribution in [0.4, 0.5) is 4.39 Å². The van der Waals surface area contributed by atoms with Gasteiger partial charge in [0.25, 0.3) is 5.91 Å². The number of amides is 1. The monoisotopic (exact) mass is 513 g/mol. The van der Waals surface area contributed by atoms with E-state index in [0.717, 1.165) is 0 Å². The van der Waals surface area contributed by atoms with Crippen LogP contribution in [0, 0.1) is 17.8 Å². The maximum atomic E-state index is 13.8. The molecule has 0 bridgehead atoms. The third-order valence-corrected chi connectivity index (χ3v) is 8.43. The number of hydrogen-bond acceptors (Lipinski definition) is 8. The highest BCUT2D eigenvalue weighted by Crippen LogP contribution is 2.50. The Balaban J connectivity index is 1.54. The molecule has 198 valence electrons. The van der Waals surface area contributed by atoms with Crippen LogP contribution in [0.3, 0.4) is 0 Å². The Bertz CT molecular complexity index is 1250. The Labute approximate surface area is 214 Å². The average Bonchev–Trinajstić information content (AvgIpc) is 2.81. The highest BCUT2D eigenvalue weighted by molar-refractivity contribution is 6.28. The SMILES string of the molecule is CN(C)[C@@H]1C(O)=C(C(N)=O)C(=O)C2C(=O)C3=C(O)c4c(ccc(CN5CCC(F)CC5)c4O)C[C@H]3C[C@H]21. The first-order chi connectivity index (χ1) is 17.5. The van der Waals surface area contributed by atoms with Crippen LogP contribution in [-0.2, 0) is 27.3 Å². The molecule has 0 spiro atoms. The number of piperidine rings is 1. The number of likely N-dealkylation sites (N-methyl/N-ethyl adjacent to an activating group) is 1. The number of alkyl halides is 1. The predicted molar refractivity (Wildman–Crippen MR) is 132 cm³/mol. The molecule has 5 N–H and O–H groups in total. The molecule has 2 fully saturated rings. The molecular formula is C27H32FN3O6. The molecule has 4 aliphatic rings. The summed E-state index contributed by atoms with van der Waals surface area (Å²) in [5.74, 6) is -5.76. The Hall–Kier alpha value is -3.24. The Morgan fingerprint density at radius 1 is 1.14 bits per heavy atom. The maximum absolute atomic E-state index is 13.8. The van der Waals surface area contributed by atoms with Crippen LogP contribution < -0.4 is 5.73 Å². The number of allylic oxidation sites excluding steroid dienone is 1. The number of halogens is 1. The zero-order valence-electron chi connectivity index (χ0n) is 20.9. The molecule has 4 atom stereocenters. The van der Waals surface area contributed by atoms with Gasteiger partial charge in [0.2, 0.25) is 0 Å². The number of aliphatic hydroxyl groups excluding tert-OH is 2. The fraction of sp³-hybridized carbons (Fsp3) is 0.519. The van der Waals surface area contributed by atoms with Gasteiger partial charge in [0.1, 0.15) is 29.0 Å². The molecule has 1 aliphatic heterocycles. The van der Waals surface area contributed by atoms with Gasteiger partial charge in [-0.1, -0.05) is 12.1 Å². The standard InChI is InChI=1S/C27H32FN3O6/c1-30(2)21-16-10-14-9-12-3-4-13(11-31-7-5-15(28)6-8-31)22(32)17(12)23(33)18(14)24(34)19(16)25(35)20(26(21)36)27(29)37/h3-4,14-16,19,21,32-33,36H,5-11H2,1-2H3,(H2,29,37)/t14-,16+,19?,21-/m0/s1. The Morgan fingerprint density at radius 2 is 1.81 bits per heavy atom. The summed E-state index contributed by atoms with van der Waals surface area (Å²) in [6.45, 7) is 1.50. The fourth-order valence-corrected chi connectivity index (χ4v) is 6.71. The van der Waals surface area contributed by atoms with Gasteiger partial charge in [-0.05, 0) is 57.2 Å². The number of phenolic OH excluding ortho intramolecular Hbond substituents is 1. The predicted octanol–water partition coefficient (Wildman–Crippen LogP) is 1.78. The number of aliphatic hydroxyl groups is 2. The van der Waals surface area contributed by atoms with Gasteiger partial charge in [0.15, 0.2) is 11.6 Å². The van der Waals surface area contributed by atoms with Crippen molar-refractivity contribution in [3.05, 3.63) is 45.7 Å². The zero-order chi connectivity index (χ0) is 26.8. The fourth-order valence-electron chi connectivity index (χ4n) is 6.71. The third-order valence-electron chi connectivity index (χ3n) is 8.43. The van der Waals surface area contributed by atoms with Gasteiger partial charge in [0.05, 0.1) is 17.5 Å². The quantitative estimate of drug-likeness (QED) is 0.352. The second-order valence-electron chi connectivity index (χ2n) is 10.9. The van der Waals surface area contributed by atoms with Crippen LogP contribution in [0.5, 0.6) is 5.75 Å². The molecule has 1 saturated heterocycles. The lowest BCUT2D eigenvalue weighted by molar-refractivity contribution is -0.136. The molecule has 5 rings (SSSR count). The first kappa shape index (κ1) is 25.4. The molecule has 1 amide bonds. The van der Waals surface area contributed by atoms with Crippen molar-refractivity contribution < 1.29 is 34.1 Å². The summed E-state index contributed by atoms with van der Waals surface area (Å²) in [5, 5.41) is 33.2. The van der Waals surface area contributed by atoms with E-state index in [1.54, 1.807) is 25.1 Å². The molecule has 0 aromatic heterocycles. The van der Waals surface area contributed by atoms with E-state index in [1.807, 2.05) is 11.0 Å². The van der Waals surface area contributed by atoms with Crippen molar-refractivity contribution in [3.63, 3.8) is 0 Å². The highest BCUT2D eigenvalue weighted by Gasteiger charge is 2.55. The molecule has 1 heterocycles. The van der Waals surface area contributed by atoms with Crippen molar-refractivity contribution in [1.82, 2.24) is 9.80 Å². The number of carbonyl (C=O) groups is 3. The minimum Gasteiger partial charge on any atom is -0.510 e. The summed E-state index contributed by atoms with van der Waals surface area (Å²) in [5.41, 5.74) is 6.30. The third kappa shape index (κ3) is 4.02. The molecule has 1 aromatic rings. The first-order valence-corrected chi connectivity index (χ1v) is 12.6. The number of likely N-dealkylation sites (tertiary alicyclic amines) is 1. The minimum absolute atomic E-state index is 0.0653. The summed E-state index contributed by atoms with van der Waals surface area (Å²) >= 11 is 0. The van der Waals surface area contributed by atoms with Crippen molar-refractivity contribution in [2.75, 3.05) is 27.2 Å². The Morgan fingerprint density at radius 3 is 2.43 bits per heavy atom. The van der Waals surface area contributed by atoms with E-state index in [1.165, 1.54) is 0 Å². The first-order valence-electron chi connectivity index (χ1n) is 12.6. The molecule has 0 radical (unpaired) electrons. The van der Waals surface area contributed by atoms with Gasteiger partial charge in [-0.15, -0.1) is 0 Å². The van der Waals surface area contributed by atoms with Crippen LogP contribution in [0.15, 0.2) is 29.0 Å². The number of carbonyl (C=O) groups excluding carboxylic acids is 3. The normalized spacial score (nSPS) is 28.9. The van der Waals surface area contributed by atoms with Gasteiger partial charge >= 0.3 is 0 Å². The van der Waals surface area contributed by atoms with E-state index in [-0.39, 0.29) is 22.6 Å². The maximum Gasteiger partial charge on any atom is 0.255 e. The number of hydrogen-bond donors (Lipinski definition) is 4. The zero-order valence-corrected chi connectivity index (χ0v) is 20.9. The van der Waals surface area contributed by atoms with E-state index in [2.05, 4.69) is 0 Å². The van der Waals surface area contributed by atoms with Crippen molar-refractivity contribution in [1.29, 1.82) is 0 Å². The molecule has 37 heavy (non-hydrogen) atoms. The number of fused-ring (bicyclic) bond motifs is 3. The average molecular weight is 514 g/mol. The lowest BCUT2D eigenvalue weighted by Crippen LogP contribution is -2.55. The number of aromatic hydroxyl groups is 1. The molecule has 10 heteroatoms. The second-order valence-corrected chi connectivity index (χ2v) is 10.9. The van der Waals surface area contributed by atoms with Gasteiger partial charge < -0.3 is 21.1 Å². The van der Waals surface area contributed by atoms with E-state index < -0.39 is 58.8 Å². The van der Waals surface area contributed by atoms with E-state index in [0.29, 0.717) is 56.4 Å². The van der Waals surface area contributed by atoms with E-state index >= 15 is 0 Å². The summed E-state index contributed by atoms with van der Waals surface area (Å²) in [7, 11) is 3.37. The molecule has 1 aromatic carbocycles. The number of benzene rings is 1. The summed E-state index contributed by atoms with van der Waals surface area (Å²) < 4.78 is 13.5. The molecule has 3 aliphatic carbocycles. The highest BCUT2D eigenvalue weighted by atomic mass is 19.1. The summed E-state index contributed by atoms with van der Waals surface area (Å²) in [6.07, 6.45) is 0.729. The summed E-state index contributed by atoms with van der Waals surface area (Å²) in [6, 6.07) is 2.86. The molecule has 9 nitrogen and oxygen atoms in total. The molecular weight excluding hydrogens is 481 g/mol. The smallest absolute Gasteiger partial charge is 0.255 e. The number of primary amides is 1. The topological polar surface area (TPSA) is 144 Å². The van der Waals surface area contributed by atoms with Gasteiger partial charge in [-0.2, -0.15) is 0 Å². The summed E-state index contributed by atoms with van der Waals surface area (Å²) in [4.78, 5) is 42.7.